The second-order valence-electron chi connectivity index (χ2n) is 5.27. The summed E-state index contributed by atoms with van der Waals surface area (Å²) in [6.07, 6.45) is -0.321. The molecule has 0 atom stereocenters. The van der Waals surface area contributed by atoms with Crippen molar-refractivity contribution < 1.29 is 23.5 Å². The van der Waals surface area contributed by atoms with E-state index in [1.807, 2.05) is 0 Å². The van der Waals surface area contributed by atoms with E-state index in [2.05, 4.69) is 5.32 Å². The number of halogens is 3. The van der Waals surface area contributed by atoms with Crippen molar-refractivity contribution in [2.24, 2.45) is 0 Å². The Morgan fingerprint density at radius 3 is 2.31 bits per heavy atom. The van der Waals surface area contributed by atoms with Crippen LogP contribution in [0.15, 0.2) is 42.5 Å². The van der Waals surface area contributed by atoms with Crippen molar-refractivity contribution in [1.29, 1.82) is 0 Å². The standard InChI is InChI=1S/C18H14Cl2FNO4/c19-14-6-1-11(9-15(14)20)16(23)10-26-18(25)8-7-17(24)22-13-4-2-12(21)3-5-13/h1-6,9H,7-8,10H2,(H,22,24). The highest BCUT2D eigenvalue weighted by Gasteiger charge is 2.13. The molecular formula is C18H14Cl2FNO4. The van der Waals surface area contributed by atoms with Crippen molar-refractivity contribution in [2.45, 2.75) is 12.8 Å². The second kappa shape index (κ2) is 9.31. The molecule has 0 aliphatic carbocycles. The lowest BCUT2D eigenvalue weighted by atomic mass is 10.1. The van der Waals surface area contributed by atoms with Crippen LogP contribution in [0.5, 0.6) is 0 Å². The van der Waals surface area contributed by atoms with Crippen LogP contribution >= 0.6 is 23.2 Å². The fourth-order valence-corrected chi connectivity index (χ4v) is 2.24. The van der Waals surface area contributed by atoms with Gasteiger partial charge >= 0.3 is 5.97 Å². The molecule has 2 aromatic carbocycles. The van der Waals surface area contributed by atoms with Gasteiger partial charge in [0, 0.05) is 17.7 Å². The molecule has 0 spiro atoms. The Morgan fingerprint density at radius 1 is 0.962 bits per heavy atom. The number of ether oxygens (including phenoxy) is 1. The molecule has 0 radical (unpaired) electrons. The van der Waals surface area contributed by atoms with Crippen molar-refractivity contribution in [3.63, 3.8) is 0 Å². The van der Waals surface area contributed by atoms with Gasteiger partial charge in [-0.15, -0.1) is 0 Å². The summed E-state index contributed by atoms with van der Waals surface area (Å²) in [7, 11) is 0. The summed E-state index contributed by atoms with van der Waals surface area (Å²) in [6, 6.07) is 9.55. The van der Waals surface area contributed by atoms with Gasteiger partial charge in [-0.05, 0) is 42.5 Å². The predicted molar refractivity (Wildman–Crippen MR) is 96.0 cm³/mol. The number of hydrogen-bond acceptors (Lipinski definition) is 4. The van der Waals surface area contributed by atoms with Crippen molar-refractivity contribution in [2.75, 3.05) is 11.9 Å². The molecule has 1 N–H and O–H groups in total. The lowest BCUT2D eigenvalue weighted by Crippen LogP contribution is -2.17. The Balaban J connectivity index is 1.74. The SMILES string of the molecule is O=C(CCC(=O)OCC(=O)c1ccc(Cl)c(Cl)c1)Nc1ccc(F)cc1. The first-order chi connectivity index (χ1) is 12.3. The minimum Gasteiger partial charge on any atom is -0.457 e. The normalized spacial score (nSPS) is 10.3. The Morgan fingerprint density at radius 2 is 1.65 bits per heavy atom. The van der Waals surface area contributed by atoms with E-state index >= 15 is 0 Å². The van der Waals surface area contributed by atoms with E-state index in [1.54, 1.807) is 0 Å². The topological polar surface area (TPSA) is 72.5 Å². The smallest absolute Gasteiger partial charge is 0.306 e. The number of hydrogen-bond donors (Lipinski definition) is 1. The number of anilines is 1. The summed E-state index contributed by atoms with van der Waals surface area (Å²) in [5.41, 5.74) is 0.681. The Labute approximate surface area is 159 Å². The van der Waals surface area contributed by atoms with Gasteiger partial charge in [-0.25, -0.2) is 4.39 Å². The first-order valence-corrected chi connectivity index (χ1v) is 8.30. The number of rotatable bonds is 7. The van der Waals surface area contributed by atoms with E-state index in [0.29, 0.717) is 10.7 Å². The molecule has 0 aromatic heterocycles. The summed E-state index contributed by atoms with van der Waals surface area (Å²) >= 11 is 11.6. The van der Waals surface area contributed by atoms with E-state index in [0.717, 1.165) is 0 Å². The third-order valence-corrected chi connectivity index (χ3v) is 4.03. The maximum atomic E-state index is 12.8. The Kier molecular flexibility index (Phi) is 7.12. The zero-order valence-electron chi connectivity index (χ0n) is 13.4. The average Bonchev–Trinajstić information content (AvgIpc) is 2.62. The number of carbonyl (C=O) groups excluding carboxylic acids is 3. The minimum atomic E-state index is -0.687. The summed E-state index contributed by atoms with van der Waals surface area (Å²) in [6.45, 7) is -0.462. The number of amides is 1. The highest BCUT2D eigenvalue weighted by Crippen LogP contribution is 2.22. The van der Waals surface area contributed by atoms with Gasteiger partial charge in [0.05, 0.1) is 16.5 Å². The molecule has 2 rings (SSSR count). The van der Waals surface area contributed by atoms with Crippen LogP contribution < -0.4 is 5.32 Å². The Bertz CT molecular complexity index is 824. The highest BCUT2D eigenvalue weighted by atomic mass is 35.5. The molecule has 1 amide bonds. The summed E-state index contributed by atoms with van der Waals surface area (Å²) < 4.78 is 17.6. The first kappa shape index (κ1) is 19.9. The van der Waals surface area contributed by atoms with E-state index in [4.69, 9.17) is 27.9 Å². The molecule has 0 unspecified atom stereocenters. The number of benzene rings is 2. The zero-order valence-corrected chi connectivity index (χ0v) is 14.9. The molecule has 8 heteroatoms. The van der Waals surface area contributed by atoms with E-state index in [9.17, 15) is 18.8 Å². The largest absolute Gasteiger partial charge is 0.457 e. The summed E-state index contributed by atoms with van der Waals surface area (Å²) in [4.78, 5) is 35.3. The molecule has 26 heavy (non-hydrogen) atoms. The summed E-state index contributed by atoms with van der Waals surface area (Å²) in [5.74, 6) is -1.97. The Hall–Kier alpha value is -2.44. The molecule has 0 heterocycles. The van der Waals surface area contributed by atoms with Crippen LogP contribution in [0.3, 0.4) is 0 Å². The van der Waals surface area contributed by atoms with Crippen molar-refractivity contribution >= 4 is 46.5 Å². The van der Waals surface area contributed by atoms with Gasteiger partial charge in [0.25, 0.3) is 0 Å². The van der Waals surface area contributed by atoms with Gasteiger partial charge in [-0.1, -0.05) is 23.2 Å². The van der Waals surface area contributed by atoms with Crippen LogP contribution in [0.25, 0.3) is 0 Å². The van der Waals surface area contributed by atoms with E-state index < -0.39 is 30.1 Å². The molecule has 2 aromatic rings. The van der Waals surface area contributed by atoms with E-state index in [1.165, 1.54) is 42.5 Å². The molecule has 0 saturated carbocycles. The molecule has 0 fully saturated rings. The van der Waals surface area contributed by atoms with Gasteiger partial charge < -0.3 is 10.1 Å². The molecular weight excluding hydrogens is 384 g/mol. The van der Waals surface area contributed by atoms with Crippen LogP contribution in [-0.2, 0) is 14.3 Å². The minimum absolute atomic E-state index is 0.128. The molecule has 0 aliphatic rings. The molecule has 0 saturated heterocycles. The van der Waals surface area contributed by atoms with E-state index in [-0.39, 0.29) is 23.4 Å². The molecule has 5 nitrogen and oxygen atoms in total. The van der Waals surface area contributed by atoms with Gasteiger partial charge in [0.15, 0.2) is 12.4 Å². The lowest BCUT2D eigenvalue weighted by molar-refractivity contribution is -0.143. The maximum absolute atomic E-state index is 12.8. The van der Waals surface area contributed by atoms with Crippen molar-refractivity contribution in [3.05, 3.63) is 63.9 Å². The van der Waals surface area contributed by atoms with Gasteiger partial charge in [0.2, 0.25) is 5.91 Å². The maximum Gasteiger partial charge on any atom is 0.306 e. The van der Waals surface area contributed by atoms with Crippen LogP contribution in [0.1, 0.15) is 23.2 Å². The third-order valence-electron chi connectivity index (χ3n) is 3.29. The van der Waals surface area contributed by atoms with Gasteiger partial charge in [-0.3, -0.25) is 14.4 Å². The molecule has 0 bridgehead atoms. The third kappa shape index (κ3) is 6.13. The fraction of sp³-hybridized carbons (Fsp3) is 0.167. The number of carbonyl (C=O) groups is 3. The second-order valence-corrected chi connectivity index (χ2v) is 6.08. The number of ketones is 1. The fourth-order valence-electron chi connectivity index (χ4n) is 1.94. The van der Waals surface area contributed by atoms with Gasteiger partial charge in [-0.2, -0.15) is 0 Å². The first-order valence-electron chi connectivity index (χ1n) is 7.54. The van der Waals surface area contributed by atoms with Crippen LogP contribution in [0.2, 0.25) is 10.0 Å². The number of nitrogens with one attached hydrogen (secondary N) is 1. The van der Waals surface area contributed by atoms with Crippen LogP contribution in [0, 0.1) is 5.82 Å². The van der Waals surface area contributed by atoms with Crippen molar-refractivity contribution in [1.82, 2.24) is 0 Å². The summed E-state index contributed by atoms with van der Waals surface area (Å²) in [5, 5.41) is 3.06. The zero-order chi connectivity index (χ0) is 19.1. The average molecular weight is 398 g/mol. The van der Waals surface area contributed by atoms with Crippen molar-refractivity contribution in [3.8, 4) is 0 Å². The lowest BCUT2D eigenvalue weighted by Gasteiger charge is -2.06. The van der Waals surface area contributed by atoms with Gasteiger partial charge in [0.1, 0.15) is 5.82 Å². The predicted octanol–water partition coefficient (Wildman–Crippen LogP) is 4.28. The highest BCUT2D eigenvalue weighted by molar-refractivity contribution is 6.42. The monoisotopic (exact) mass is 397 g/mol. The van der Waals surface area contributed by atoms with Crippen LogP contribution in [-0.4, -0.2) is 24.3 Å². The van der Waals surface area contributed by atoms with Crippen LogP contribution in [0.4, 0.5) is 10.1 Å². The number of esters is 1. The quantitative estimate of drug-likeness (QED) is 0.558. The molecule has 136 valence electrons. The number of Topliss-reactive ketones (excluding diaryl/α,β-unsaturated/α-hetero) is 1. The molecule has 0 aliphatic heterocycles.